The van der Waals surface area contributed by atoms with E-state index in [-0.39, 0.29) is 24.0 Å². The van der Waals surface area contributed by atoms with E-state index >= 15 is 0 Å². The summed E-state index contributed by atoms with van der Waals surface area (Å²) in [7, 11) is 1.84. The SMILES string of the molecule is CN=C(NCC(C)c1ccsc1)NC1CCN(c2ccc(C)cn2)CC1.I. The third kappa shape index (κ3) is 6.34. The van der Waals surface area contributed by atoms with Gasteiger partial charge in [-0.15, -0.1) is 24.0 Å². The molecule has 0 aliphatic carbocycles. The minimum absolute atomic E-state index is 0. The van der Waals surface area contributed by atoms with Gasteiger partial charge in [0.15, 0.2) is 5.96 Å². The van der Waals surface area contributed by atoms with Gasteiger partial charge >= 0.3 is 0 Å². The van der Waals surface area contributed by atoms with E-state index < -0.39 is 0 Å². The molecule has 1 unspecified atom stereocenters. The normalized spacial score (nSPS) is 16.6. The van der Waals surface area contributed by atoms with E-state index in [1.54, 1.807) is 11.3 Å². The van der Waals surface area contributed by atoms with Crippen LogP contribution in [0, 0.1) is 6.92 Å². The minimum atomic E-state index is 0. The highest BCUT2D eigenvalue weighted by Crippen LogP contribution is 2.19. The van der Waals surface area contributed by atoms with Gasteiger partial charge in [-0.25, -0.2) is 4.98 Å². The van der Waals surface area contributed by atoms with Crippen LogP contribution >= 0.6 is 35.3 Å². The Morgan fingerprint density at radius 2 is 2.11 bits per heavy atom. The van der Waals surface area contributed by atoms with Gasteiger partial charge in [-0.3, -0.25) is 4.99 Å². The number of aromatic nitrogens is 1. The Hall–Kier alpha value is -1.35. The highest BCUT2D eigenvalue weighted by Gasteiger charge is 2.21. The van der Waals surface area contributed by atoms with Crippen LogP contribution in [0.4, 0.5) is 5.82 Å². The van der Waals surface area contributed by atoms with Gasteiger partial charge in [0.05, 0.1) is 0 Å². The lowest BCUT2D eigenvalue weighted by Gasteiger charge is -2.34. The lowest BCUT2D eigenvalue weighted by Crippen LogP contribution is -2.49. The maximum absolute atomic E-state index is 4.55. The maximum Gasteiger partial charge on any atom is 0.191 e. The van der Waals surface area contributed by atoms with E-state index in [0.717, 1.165) is 44.3 Å². The molecule has 2 aromatic rings. The Morgan fingerprint density at radius 1 is 1.33 bits per heavy atom. The van der Waals surface area contributed by atoms with Gasteiger partial charge in [0.2, 0.25) is 0 Å². The Bertz CT molecular complexity index is 694. The van der Waals surface area contributed by atoms with Crippen LogP contribution in [0.5, 0.6) is 0 Å². The van der Waals surface area contributed by atoms with Crippen LogP contribution in [0.2, 0.25) is 0 Å². The predicted octanol–water partition coefficient (Wildman–Crippen LogP) is 4.01. The van der Waals surface area contributed by atoms with Crippen molar-refractivity contribution in [2.24, 2.45) is 4.99 Å². The molecule has 1 aliphatic heterocycles. The van der Waals surface area contributed by atoms with Crippen LogP contribution in [0.3, 0.4) is 0 Å². The quantitative estimate of drug-likeness (QED) is 0.371. The Balaban J connectivity index is 0.00000261. The van der Waals surface area contributed by atoms with Gasteiger partial charge < -0.3 is 15.5 Å². The Labute approximate surface area is 183 Å². The summed E-state index contributed by atoms with van der Waals surface area (Å²) in [6.07, 6.45) is 4.13. The molecule has 3 heterocycles. The number of hydrogen-bond donors (Lipinski definition) is 2. The van der Waals surface area contributed by atoms with Crippen LogP contribution < -0.4 is 15.5 Å². The van der Waals surface area contributed by atoms with Crippen LogP contribution in [0.1, 0.15) is 36.8 Å². The average molecular weight is 499 g/mol. The molecule has 0 aromatic carbocycles. The summed E-state index contributed by atoms with van der Waals surface area (Å²) in [6, 6.07) is 6.91. The second-order valence-electron chi connectivity index (χ2n) is 7.01. The molecular weight excluding hydrogens is 469 g/mol. The van der Waals surface area contributed by atoms with Gasteiger partial charge in [-0.05, 0) is 59.7 Å². The maximum atomic E-state index is 4.55. The molecule has 0 saturated carbocycles. The smallest absolute Gasteiger partial charge is 0.191 e. The monoisotopic (exact) mass is 499 g/mol. The molecule has 0 spiro atoms. The largest absolute Gasteiger partial charge is 0.356 e. The van der Waals surface area contributed by atoms with E-state index in [1.807, 2.05) is 13.2 Å². The van der Waals surface area contributed by atoms with Crippen molar-refractivity contribution in [2.75, 3.05) is 31.6 Å². The zero-order chi connectivity index (χ0) is 18.4. The molecule has 1 fully saturated rings. The first-order valence-corrected chi connectivity index (χ1v) is 10.3. The zero-order valence-electron chi connectivity index (χ0n) is 16.3. The standard InChI is InChI=1S/C20H29N5S.HI/c1-15-4-5-19(22-12-15)25-9-6-18(7-10-25)24-20(21-3)23-13-16(2)17-8-11-26-14-17;/h4-5,8,11-12,14,16,18H,6-7,9-10,13H2,1-3H3,(H2,21,23,24);1H. The molecule has 27 heavy (non-hydrogen) atoms. The van der Waals surface area contributed by atoms with E-state index in [0.29, 0.717) is 12.0 Å². The lowest BCUT2D eigenvalue weighted by molar-refractivity contribution is 0.459. The number of halogens is 1. The molecule has 0 amide bonds. The topological polar surface area (TPSA) is 52.6 Å². The average Bonchev–Trinajstić information content (AvgIpc) is 3.21. The lowest BCUT2D eigenvalue weighted by atomic mass is 10.0. The second kappa shape index (κ2) is 10.8. The summed E-state index contributed by atoms with van der Waals surface area (Å²) in [5.74, 6) is 2.47. The van der Waals surface area contributed by atoms with E-state index in [2.05, 4.69) is 68.3 Å². The summed E-state index contributed by atoms with van der Waals surface area (Å²) in [4.78, 5) is 11.3. The van der Waals surface area contributed by atoms with Crippen LogP contribution in [0.25, 0.3) is 0 Å². The predicted molar refractivity (Wildman–Crippen MR) is 127 cm³/mol. The first-order chi connectivity index (χ1) is 12.7. The van der Waals surface area contributed by atoms with Crippen molar-refractivity contribution in [2.45, 2.75) is 38.6 Å². The van der Waals surface area contributed by atoms with Crippen molar-refractivity contribution in [3.05, 3.63) is 46.3 Å². The number of piperidine rings is 1. The van der Waals surface area contributed by atoms with Gasteiger partial charge in [0.25, 0.3) is 0 Å². The molecule has 2 N–H and O–H groups in total. The number of hydrogen-bond acceptors (Lipinski definition) is 4. The van der Waals surface area contributed by atoms with Crippen molar-refractivity contribution < 1.29 is 0 Å². The summed E-state index contributed by atoms with van der Waals surface area (Å²) < 4.78 is 0. The first kappa shape index (κ1) is 21.9. The number of pyridine rings is 1. The molecular formula is C20H30IN5S. The van der Waals surface area contributed by atoms with E-state index in [9.17, 15) is 0 Å². The van der Waals surface area contributed by atoms with Gasteiger partial charge in [0.1, 0.15) is 5.82 Å². The van der Waals surface area contributed by atoms with Crippen LogP contribution in [-0.4, -0.2) is 43.7 Å². The fraction of sp³-hybridized carbons (Fsp3) is 0.500. The van der Waals surface area contributed by atoms with Crippen molar-refractivity contribution in [3.8, 4) is 0 Å². The van der Waals surface area contributed by atoms with E-state index in [1.165, 1.54) is 11.1 Å². The Morgan fingerprint density at radius 3 is 2.70 bits per heavy atom. The summed E-state index contributed by atoms with van der Waals surface area (Å²) in [6.45, 7) is 7.26. The molecule has 1 saturated heterocycles. The molecule has 1 aliphatic rings. The number of thiophene rings is 1. The first-order valence-electron chi connectivity index (χ1n) is 9.32. The fourth-order valence-electron chi connectivity index (χ4n) is 3.21. The highest BCUT2D eigenvalue weighted by molar-refractivity contribution is 14.0. The third-order valence-electron chi connectivity index (χ3n) is 4.97. The zero-order valence-corrected chi connectivity index (χ0v) is 19.5. The molecule has 2 aromatic heterocycles. The van der Waals surface area contributed by atoms with Crippen LogP contribution in [-0.2, 0) is 0 Å². The van der Waals surface area contributed by atoms with Gasteiger partial charge in [-0.2, -0.15) is 11.3 Å². The number of nitrogens with zero attached hydrogens (tertiary/aromatic N) is 3. The number of aliphatic imine (C=N–C) groups is 1. The number of guanidine groups is 1. The number of nitrogens with one attached hydrogen (secondary N) is 2. The van der Waals surface area contributed by atoms with Crippen molar-refractivity contribution in [1.29, 1.82) is 0 Å². The van der Waals surface area contributed by atoms with Crippen LogP contribution in [0.15, 0.2) is 40.1 Å². The highest BCUT2D eigenvalue weighted by atomic mass is 127. The molecule has 7 heteroatoms. The summed E-state index contributed by atoms with van der Waals surface area (Å²) >= 11 is 1.75. The number of anilines is 1. The van der Waals surface area contributed by atoms with Crippen molar-refractivity contribution >= 4 is 47.1 Å². The molecule has 1 atom stereocenters. The van der Waals surface area contributed by atoms with Crippen molar-refractivity contribution in [3.63, 3.8) is 0 Å². The minimum Gasteiger partial charge on any atom is -0.356 e. The number of rotatable bonds is 5. The number of aryl methyl sites for hydroxylation is 1. The second-order valence-corrected chi connectivity index (χ2v) is 7.79. The van der Waals surface area contributed by atoms with Crippen molar-refractivity contribution in [1.82, 2.24) is 15.6 Å². The summed E-state index contributed by atoms with van der Waals surface area (Å²) in [5, 5.41) is 11.4. The van der Waals surface area contributed by atoms with Gasteiger partial charge in [0, 0.05) is 38.9 Å². The molecule has 5 nitrogen and oxygen atoms in total. The molecule has 3 rings (SSSR count). The molecule has 0 bridgehead atoms. The fourth-order valence-corrected chi connectivity index (χ4v) is 3.99. The summed E-state index contributed by atoms with van der Waals surface area (Å²) in [5.41, 5.74) is 2.59. The molecule has 148 valence electrons. The van der Waals surface area contributed by atoms with E-state index in [4.69, 9.17) is 0 Å². The third-order valence-corrected chi connectivity index (χ3v) is 5.67. The van der Waals surface area contributed by atoms with Gasteiger partial charge in [-0.1, -0.05) is 13.0 Å². The Kier molecular flexibility index (Phi) is 8.82. The molecule has 0 radical (unpaired) electrons.